The Bertz CT molecular complexity index is 108. The molecule has 0 aromatic rings. The summed E-state index contributed by atoms with van der Waals surface area (Å²) in [5.74, 6) is 0.475. The van der Waals surface area contributed by atoms with Crippen molar-refractivity contribution < 1.29 is 9.53 Å². The molecule has 0 aromatic carbocycles. The summed E-state index contributed by atoms with van der Waals surface area (Å²) in [5.41, 5.74) is 0. The highest BCUT2D eigenvalue weighted by Crippen LogP contribution is 2.19. The van der Waals surface area contributed by atoms with Gasteiger partial charge < -0.3 is 4.74 Å². The van der Waals surface area contributed by atoms with Gasteiger partial charge in [0.2, 0.25) is 0 Å². The van der Waals surface area contributed by atoms with Gasteiger partial charge in [0.1, 0.15) is 0 Å². The minimum Gasteiger partial charge on any atom is -0.463 e. The molecule has 0 radical (unpaired) electrons. The van der Waals surface area contributed by atoms with Gasteiger partial charge >= 0.3 is 5.97 Å². The fraction of sp³-hybridized carbons (Fsp3) is 0.857. The van der Waals surface area contributed by atoms with Gasteiger partial charge in [0.15, 0.2) is 0 Å². The highest BCUT2D eigenvalue weighted by Gasteiger charge is 2.21. The van der Waals surface area contributed by atoms with E-state index in [1.165, 1.54) is 0 Å². The Morgan fingerprint density at radius 1 is 1.56 bits per heavy atom. The van der Waals surface area contributed by atoms with Gasteiger partial charge in [-0.2, -0.15) is 0 Å². The molecule has 0 amide bonds. The summed E-state index contributed by atoms with van der Waals surface area (Å²) in [7, 11) is 0. The minimum absolute atomic E-state index is 0.0405. The van der Waals surface area contributed by atoms with Crippen molar-refractivity contribution in [3.05, 3.63) is 0 Å². The lowest BCUT2D eigenvalue weighted by Gasteiger charge is -2.23. The molecule has 1 fully saturated rings. The topological polar surface area (TPSA) is 26.3 Å². The van der Waals surface area contributed by atoms with E-state index in [0.29, 0.717) is 12.3 Å². The maximum absolute atomic E-state index is 10.7. The van der Waals surface area contributed by atoms with E-state index < -0.39 is 0 Å². The third-order valence-electron chi connectivity index (χ3n) is 1.58. The van der Waals surface area contributed by atoms with Crippen molar-refractivity contribution in [2.75, 3.05) is 0 Å². The molecule has 2 heteroatoms. The van der Waals surface area contributed by atoms with Crippen molar-refractivity contribution in [1.82, 2.24) is 0 Å². The summed E-state index contributed by atoms with van der Waals surface area (Å²) in [6.45, 7) is 4.02. The van der Waals surface area contributed by atoms with E-state index in [4.69, 9.17) is 4.74 Å². The van der Waals surface area contributed by atoms with E-state index in [2.05, 4.69) is 6.92 Å². The molecule has 2 atom stereocenters. The first-order chi connectivity index (χ1) is 4.18. The molecule has 1 rings (SSSR count). The number of hydrogen-bond acceptors (Lipinski definition) is 2. The first-order valence-electron chi connectivity index (χ1n) is 3.38. The molecule has 0 spiro atoms. The van der Waals surface area contributed by atoms with Crippen LogP contribution >= 0.6 is 0 Å². The van der Waals surface area contributed by atoms with Gasteiger partial charge in [0.25, 0.3) is 0 Å². The largest absolute Gasteiger partial charge is 0.463 e. The molecule has 0 bridgehead atoms. The standard InChI is InChI=1S/C7H12O2/c1-5-3-6(2)9-7(8)4-5/h5-6H,3-4H2,1-2H3/t5-,6+/m0/s1. The van der Waals surface area contributed by atoms with E-state index in [0.717, 1.165) is 6.42 Å². The van der Waals surface area contributed by atoms with Crippen LogP contribution in [0.1, 0.15) is 26.7 Å². The normalized spacial score (nSPS) is 36.0. The quantitative estimate of drug-likeness (QED) is 0.460. The average molecular weight is 128 g/mol. The summed E-state index contributed by atoms with van der Waals surface area (Å²) < 4.78 is 4.92. The third kappa shape index (κ3) is 1.70. The smallest absolute Gasteiger partial charge is 0.306 e. The van der Waals surface area contributed by atoms with Crippen molar-refractivity contribution in [2.24, 2.45) is 5.92 Å². The number of hydrogen-bond donors (Lipinski definition) is 0. The maximum atomic E-state index is 10.7. The van der Waals surface area contributed by atoms with Crippen LogP contribution in [-0.4, -0.2) is 12.1 Å². The Morgan fingerprint density at radius 3 is 2.67 bits per heavy atom. The molecule has 0 N–H and O–H groups in total. The highest BCUT2D eigenvalue weighted by atomic mass is 16.5. The molecular formula is C7H12O2. The number of carbonyl (C=O) groups is 1. The number of esters is 1. The van der Waals surface area contributed by atoms with Gasteiger partial charge in [-0.3, -0.25) is 4.79 Å². The lowest BCUT2D eigenvalue weighted by molar-refractivity contribution is -0.155. The third-order valence-corrected chi connectivity index (χ3v) is 1.58. The number of cyclic esters (lactones) is 1. The summed E-state index contributed by atoms with van der Waals surface area (Å²) in [4.78, 5) is 10.7. The predicted octanol–water partition coefficient (Wildman–Crippen LogP) is 1.35. The number of rotatable bonds is 0. The van der Waals surface area contributed by atoms with E-state index in [1.54, 1.807) is 0 Å². The van der Waals surface area contributed by atoms with Crippen molar-refractivity contribution in [3.8, 4) is 0 Å². The van der Waals surface area contributed by atoms with Gasteiger partial charge in [-0.05, 0) is 19.3 Å². The first kappa shape index (κ1) is 6.59. The Labute approximate surface area is 55.2 Å². The van der Waals surface area contributed by atoms with Gasteiger partial charge in [0.05, 0.1) is 6.10 Å². The SMILES string of the molecule is C[C@@H]1CC(=O)O[C@H](C)C1. The molecule has 1 aliphatic rings. The molecule has 0 aliphatic carbocycles. The van der Waals surface area contributed by atoms with E-state index in [9.17, 15) is 4.79 Å². The van der Waals surface area contributed by atoms with Crippen LogP contribution in [0.25, 0.3) is 0 Å². The zero-order valence-corrected chi connectivity index (χ0v) is 5.89. The van der Waals surface area contributed by atoms with Crippen LogP contribution in [0, 0.1) is 5.92 Å². The second-order valence-corrected chi connectivity index (χ2v) is 2.85. The van der Waals surface area contributed by atoms with Gasteiger partial charge in [-0.1, -0.05) is 6.92 Å². The number of ether oxygens (including phenoxy) is 1. The van der Waals surface area contributed by atoms with Crippen molar-refractivity contribution in [3.63, 3.8) is 0 Å². The van der Waals surface area contributed by atoms with Crippen LogP contribution in [0.4, 0.5) is 0 Å². The molecule has 9 heavy (non-hydrogen) atoms. The molecule has 1 aliphatic heterocycles. The lowest BCUT2D eigenvalue weighted by Crippen LogP contribution is -2.25. The van der Waals surface area contributed by atoms with Crippen molar-refractivity contribution in [1.29, 1.82) is 0 Å². The zero-order valence-electron chi connectivity index (χ0n) is 5.89. The van der Waals surface area contributed by atoms with Gasteiger partial charge in [0, 0.05) is 6.42 Å². The van der Waals surface area contributed by atoms with Gasteiger partial charge in [-0.15, -0.1) is 0 Å². The Hall–Kier alpha value is -0.530. The Balaban J connectivity index is 2.43. The maximum Gasteiger partial charge on any atom is 0.306 e. The summed E-state index contributed by atoms with van der Waals surface area (Å²) >= 11 is 0. The highest BCUT2D eigenvalue weighted by molar-refractivity contribution is 5.70. The molecule has 0 saturated carbocycles. The van der Waals surface area contributed by atoms with E-state index >= 15 is 0 Å². The fourth-order valence-corrected chi connectivity index (χ4v) is 1.26. The monoisotopic (exact) mass is 128 g/mol. The molecular weight excluding hydrogens is 116 g/mol. The molecule has 2 nitrogen and oxygen atoms in total. The second kappa shape index (κ2) is 2.38. The summed E-state index contributed by atoms with van der Waals surface area (Å²) in [6, 6.07) is 0. The zero-order chi connectivity index (χ0) is 6.85. The number of carbonyl (C=O) groups excluding carboxylic acids is 1. The Kier molecular flexibility index (Phi) is 1.74. The van der Waals surface area contributed by atoms with Crippen LogP contribution in [0.3, 0.4) is 0 Å². The molecule has 0 unspecified atom stereocenters. The van der Waals surface area contributed by atoms with Crippen molar-refractivity contribution >= 4 is 5.97 Å². The predicted molar refractivity (Wildman–Crippen MR) is 34.0 cm³/mol. The second-order valence-electron chi connectivity index (χ2n) is 2.85. The van der Waals surface area contributed by atoms with Crippen LogP contribution in [0.15, 0.2) is 0 Å². The van der Waals surface area contributed by atoms with E-state index in [1.807, 2.05) is 6.92 Å². The van der Waals surface area contributed by atoms with Crippen LogP contribution in [0.2, 0.25) is 0 Å². The van der Waals surface area contributed by atoms with Gasteiger partial charge in [-0.25, -0.2) is 0 Å². The van der Waals surface area contributed by atoms with Crippen LogP contribution in [0.5, 0.6) is 0 Å². The van der Waals surface area contributed by atoms with Crippen LogP contribution in [-0.2, 0) is 9.53 Å². The molecule has 52 valence electrons. The molecule has 1 saturated heterocycles. The first-order valence-corrected chi connectivity index (χ1v) is 3.38. The van der Waals surface area contributed by atoms with E-state index in [-0.39, 0.29) is 12.1 Å². The van der Waals surface area contributed by atoms with Crippen molar-refractivity contribution in [2.45, 2.75) is 32.8 Å². The average Bonchev–Trinajstić information content (AvgIpc) is 1.59. The molecule has 1 heterocycles. The summed E-state index contributed by atoms with van der Waals surface area (Å²) in [5, 5.41) is 0. The van der Waals surface area contributed by atoms with Crippen LogP contribution < -0.4 is 0 Å². The lowest BCUT2D eigenvalue weighted by atomic mass is 9.98. The Morgan fingerprint density at radius 2 is 2.22 bits per heavy atom. The fourth-order valence-electron chi connectivity index (χ4n) is 1.26. The summed E-state index contributed by atoms with van der Waals surface area (Å²) in [6.07, 6.45) is 1.76. The molecule has 0 aromatic heterocycles. The minimum atomic E-state index is -0.0405.